The van der Waals surface area contributed by atoms with Gasteiger partial charge < -0.3 is 20.3 Å². The molecule has 2 N–H and O–H groups in total. The summed E-state index contributed by atoms with van der Waals surface area (Å²) in [6.07, 6.45) is 3.48. The van der Waals surface area contributed by atoms with Crippen molar-refractivity contribution in [3.8, 4) is 0 Å². The number of rotatable bonds is 13. The molecule has 1 atom stereocenters. The molecule has 0 spiro atoms. The lowest BCUT2D eigenvalue weighted by molar-refractivity contribution is 0.0646. The van der Waals surface area contributed by atoms with Gasteiger partial charge in [0.15, 0.2) is 5.96 Å². The van der Waals surface area contributed by atoms with E-state index in [4.69, 9.17) is 4.74 Å². The van der Waals surface area contributed by atoms with Crippen molar-refractivity contribution in [2.45, 2.75) is 46.1 Å². The Morgan fingerprint density at radius 2 is 1.69 bits per heavy atom. The minimum atomic E-state index is 0.138. The maximum absolute atomic E-state index is 5.90. The van der Waals surface area contributed by atoms with E-state index in [1.807, 2.05) is 13.1 Å². The van der Waals surface area contributed by atoms with Gasteiger partial charge in [-0.15, -0.1) is 0 Å². The molecule has 0 aliphatic rings. The first-order valence-corrected chi connectivity index (χ1v) is 10.0. The zero-order valence-corrected chi connectivity index (χ0v) is 17.1. The van der Waals surface area contributed by atoms with Gasteiger partial charge in [0.1, 0.15) is 0 Å². The van der Waals surface area contributed by atoms with Gasteiger partial charge in [-0.3, -0.25) is 4.99 Å². The number of hydrogen-bond donors (Lipinski definition) is 2. The van der Waals surface area contributed by atoms with Crippen LogP contribution in [0.2, 0.25) is 0 Å². The average Bonchev–Trinajstić information content (AvgIpc) is 2.69. The van der Waals surface area contributed by atoms with Gasteiger partial charge in [0.05, 0.1) is 6.10 Å². The molecule has 1 aromatic carbocycles. The molecule has 0 aromatic heterocycles. The largest absolute Gasteiger partial charge is 0.374 e. The van der Waals surface area contributed by atoms with Crippen LogP contribution in [0.5, 0.6) is 0 Å². The van der Waals surface area contributed by atoms with Crippen LogP contribution >= 0.6 is 0 Å². The topological polar surface area (TPSA) is 48.9 Å². The molecular formula is C21H38N4O. The summed E-state index contributed by atoms with van der Waals surface area (Å²) in [7, 11) is 1.82. The van der Waals surface area contributed by atoms with Crippen molar-refractivity contribution >= 4 is 5.96 Å². The molecule has 0 heterocycles. The minimum Gasteiger partial charge on any atom is -0.374 e. The lowest BCUT2D eigenvalue weighted by Crippen LogP contribution is -2.38. The van der Waals surface area contributed by atoms with Gasteiger partial charge in [0, 0.05) is 26.7 Å². The maximum atomic E-state index is 5.90. The summed E-state index contributed by atoms with van der Waals surface area (Å²) in [5.74, 6) is 0.879. The van der Waals surface area contributed by atoms with E-state index in [0.29, 0.717) is 0 Å². The SMILES string of the molecule is CCN(CC)CCCCNC(=NC)NCCCOC(C)c1ccccc1. The van der Waals surface area contributed by atoms with Crippen LogP contribution in [-0.2, 0) is 4.74 Å². The van der Waals surface area contributed by atoms with Crippen LogP contribution in [0, 0.1) is 0 Å². The van der Waals surface area contributed by atoms with Crippen LogP contribution in [0.4, 0.5) is 0 Å². The molecule has 0 fully saturated rings. The Morgan fingerprint density at radius 1 is 1.04 bits per heavy atom. The Kier molecular flexibility index (Phi) is 12.6. The molecule has 26 heavy (non-hydrogen) atoms. The number of aliphatic imine (C=N–C) groups is 1. The molecule has 1 rings (SSSR count). The van der Waals surface area contributed by atoms with Crippen LogP contribution in [0.25, 0.3) is 0 Å². The summed E-state index contributed by atoms with van der Waals surface area (Å²) < 4.78 is 5.90. The number of guanidine groups is 1. The van der Waals surface area contributed by atoms with Crippen LogP contribution in [0.1, 0.15) is 51.7 Å². The molecular weight excluding hydrogens is 324 g/mol. The lowest BCUT2D eigenvalue weighted by atomic mass is 10.1. The van der Waals surface area contributed by atoms with Crippen molar-refractivity contribution in [3.63, 3.8) is 0 Å². The van der Waals surface area contributed by atoms with Crippen molar-refractivity contribution in [2.24, 2.45) is 4.99 Å². The highest BCUT2D eigenvalue weighted by Crippen LogP contribution is 2.15. The van der Waals surface area contributed by atoms with E-state index in [2.05, 4.69) is 65.6 Å². The standard InChI is InChI=1S/C21H38N4O/c1-5-25(6-2)17-11-10-15-23-21(22-4)24-16-12-18-26-19(3)20-13-8-7-9-14-20/h7-9,13-14,19H,5-6,10-12,15-18H2,1-4H3,(H2,22,23,24). The predicted molar refractivity (Wildman–Crippen MR) is 112 cm³/mol. The molecule has 0 radical (unpaired) electrons. The first kappa shape index (κ1) is 22.5. The van der Waals surface area contributed by atoms with Crippen molar-refractivity contribution < 1.29 is 4.74 Å². The fourth-order valence-electron chi connectivity index (χ4n) is 2.79. The first-order chi connectivity index (χ1) is 12.7. The molecule has 1 unspecified atom stereocenters. The van der Waals surface area contributed by atoms with Gasteiger partial charge >= 0.3 is 0 Å². The molecule has 0 aliphatic heterocycles. The second-order valence-corrected chi connectivity index (χ2v) is 6.44. The number of unbranched alkanes of at least 4 members (excludes halogenated alkanes) is 1. The highest BCUT2D eigenvalue weighted by atomic mass is 16.5. The average molecular weight is 363 g/mol. The molecule has 5 heteroatoms. The Bertz CT molecular complexity index is 474. The molecule has 148 valence electrons. The Balaban J connectivity index is 2.06. The van der Waals surface area contributed by atoms with E-state index in [1.54, 1.807) is 0 Å². The number of ether oxygens (including phenoxy) is 1. The highest BCUT2D eigenvalue weighted by molar-refractivity contribution is 5.79. The third kappa shape index (κ3) is 9.78. The Hall–Kier alpha value is -1.59. The molecule has 5 nitrogen and oxygen atoms in total. The van der Waals surface area contributed by atoms with Crippen molar-refractivity contribution in [1.82, 2.24) is 15.5 Å². The quantitative estimate of drug-likeness (QED) is 0.321. The van der Waals surface area contributed by atoms with E-state index < -0.39 is 0 Å². The lowest BCUT2D eigenvalue weighted by Gasteiger charge is -2.18. The second kappa shape index (κ2) is 14.6. The Labute approximate surface area is 160 Å². The van der Waals surface area contributed by atoms with Gasteiger partial charge in [0.2, 0.25) is 0 Å². The van der Waals surface area contributed by atoms with Crippen molar-refractivity contribution in [1.29, 1.82) is 0 Å². The van der Waals surface area contributed by atoms with Crippen LogP contribution < -0.4 is 10.6 Å². The van der Waals surface area contributed by atoms with Gasteiger partial charge in [-0.05, 0) is 51.4 Å². The smallest absolute Gasteiger partial charge is 0.190 e. The fraction of sp³-hybridized carbons (Fsp3) is 0.667. The van der Waals surface area contributed by atoms with Gasteiger partial charge in [-0.1, -0.05) is 44.2 Å². The van der Waals surface area contributed by atoms with Gasteiger partial charge in [0.25, 0.3) is 0 Å². The van der Waals surface area contributed by atoms with E-state index >= 15 is 0 Å². The summed E-state index contributed by atoms with van der Waals surface area (Å²) in [5.41, 5.74) is 1.22. The van der Waals surface area contributed by atoms with Crippen LogP contribution in [-0.4, -0.2) is 57.2 Å². The Morgan fingerprint density at radius 3 is 2.31 bits per heavy atom. The van der Waals surface area contributed by atoms with Gasteiger partial charge in [-0.2, -0.15) is 0 Å². The molecule has 0 amide bonds. The zero-order valence-electron chi connectivity index (χ0n) is 17.1. The third-order valence-corrected chi connectivity index (χ3v) is 4.56. The van der Waals surface area contributed by atoms with E-state index in [9.17, 15) is 0 Å². The molecule has 0 bridgehead atoms. The molecule has 0 saturated carbocycles. The first-order valence-electron chi connectivity index (χ1n) is 10.0. The fourth-order valence-corrected chi connectivity index (χ4v) is 2.79. The second-order valence-electron chi connectivity index (χ2n) is 6.44. The molecule has 0 aliphatic carbocycles. The summed E-state index contributed by atoms with van der Waals surface area (Å²) >= 11 is 0. The number of hydrogen-bond acceptors (Lipinski definition) is 3. The van der Waals surface area contributed by atoms with Crippen LogP contribution in [0.15, 0.2) is 35.3 Å². The van der Waals surface area contributed by atoms with E-state index in [0.717, 1.165) is 51.6 Å². The van der Waals surface area contributed by atoms with Crippen molar-refractivity contribution in [3.05, 3.63) is 35.9 Å². The van der Waals surface area contributed by atoms with Crippen molar-refractivity contribution in [2.75, 3.05) is 46.4 Å². The maximum Gasteiger partial charge on any atom is 0.190 e. The summed E-state index contributed by atoms with van der Waals surface area (Å²) in [6.45, 7) is 12.6. The number of benzene rings is 1. The molecule has 0 saturated heterocycles. The van der Waals surface area contributed by atoms with E-state index in [1.165, 1.54) is 18.5 Å². The summed E-state index contributed by atoms with van der Waals surface area (Å²) in [4.78, 5) is 6.74. The summed E-state index contributed by atoms with van der Waals surface area (Å²) in [5, 5.41) is 6.74. The molecule has 1 aromatic rings. The number of nitrogens with one attached hydrogen (secondary N) is 2. The highest BCUT2D eigenvalue weighted by Gasteiger charge is 2.04. The van der Waals surface area contributed by atoms with Crippen LogP contribution in [0.3, 0.4) is 0 Å². The normalized spacial score (nSPS) is 13.0. The number of nitrogens with zero attached hydrogens (tertiary/aromatic N) is 2. The van der Waals surface area contributed by atoms with Gasteiger partial charge in [-0.25, -0.2) is 0 Å². The third-order valence-electron chi connectivity index (χ3n) is 4.56. The predicted octanol–water partition coefficient (Wildman–Crippen LogP) is 3.44. The summed E-state index contributed by atoms with van der Waals surface area (Å²) in [6, 6.07) is 10.3. The minimum absolute atomic E-state index is 0.138. The zero-order chi connectivity index (χ0) is 19.0. The monoisotopic (exact) mass is 362 g/mol. The van der Waals surface area contributed by atoms with E-state index in [-0.39, 0.29) is 6.10 Å².